The van der Waals surface area contributed by atoms with Gasteiger partial charge in [-0.25, -0.2) is 4.99 Å². The number of rotatable bonds is 3. The fourth-order valence-electron chi connectivity index (χ4n) is 2.30. The summed E-state index contributed by atoms with van der Waals surface area (Å²) >= 11 is 0. The Morgan fingerprint density at radius 1 is 1.38 bits per heavy atom. The third-order valence-corrected chi connectivity index (χ3v) is 3.60. The maximum atomic E-state index is 11.9. The normalized spacial score (nSPS) is 15.5. The van der Waals surface area contributed by atoms with E-state index in [-0.39, 0.29) is 17.6 Å². The quantitative estimate of drug-likeness (QED) is 0.870. The third-order valence-electron chi connectivity index (χ3n) is 3.60. The van der Waals surface area contributed by atoms with E-state index >= 15 is 0 Å². The molecule has 24 heavy (non-hydrogen) atoms. The van der Waals surface area contributed by atoms with Gasteiger partial charge in [-0.3, -0.25) is 9.69 Å². The van der Waals surface area contributed by atoms with Crippen LogP contribution in [0.25, 0.3) is 17.4 Å². The predicted octanol–water partition coefficient (Wildman–Crippen LogP) is 1.95. The maximum absolute atomic E-state index is 11.9. The second-order valence-corrected chi connectivity index (χ2v) is 5.09. The van der Waals surface area contributed by atoms with Crippen molar-refractivity contribution in [3.63, 3.8) is 0 Å². The van der Waals surface area contributed by atoms with Crippen LogP contribution in [0.3, 0.4) is 0 Å². The summed E-state index contributed by atoms with van der Waals surface area (Å²) in [6.45, 7) is 0. The first kappa shape index (κ1) is 15.4. The van der Waals surface area contributed by atoms with Crippen molar-refractivity contribution in [2.45, 2.75) is 0 Å². The molecule has 1 aromatic heterocycles. The highest BCUT2D eigenvalue weighted by Crippen LogP contribution is 2.32. The SMILES string of the molecule is COc1ccc(C#N)cc1-c1ccc(/C=C2/N=C(N)N(C)C2=O)o1. The Morgan fingerprint density at radius 3 is 2.79 bits per heavy atom. The molecule has 2 heterocycles. The highest BCUT2D eigenvalue weighted by Gasteiger charge is 2.25. The number of aliphatic imine (C=N–C) groups is 1. The van der Waals surface area contributed by atoms with Crippen LogP contribution in [0.2, 0.25) is 0 Å². The van der Waals surface area contributed by atoms with Gasteiger partial charge >= 0.3 is 0 Å². The molecule has 0 aliphatic carbocycles. The van der Waals surface area contributed by atoms with Gasteiger partial charge in [0.25, 0.3) is 5.91 Å². The average molecular weight is 322 g/mol. The number of ether oxygens (including phenoxy) is 1. The van der Waals surface area contributed by atoms with Crippen LogP contribution in [0.15, 0.2) is 45.4 Å². The van der Waals surface area contributed by atoms with E-state index in [1.54, 1.807) is 44.5 Å². The summed E-state index contributed by atoms with van der Waals surface area (Å²) in [6.07, 6.45) is 1.52. The highest BCUT2D eigenvalue weighted by atomic mass is 16.5. The van der Waals surface area contributed by atoms with E-state index in [4.69, 9.17) is 20.1 Å². The van der Waals surface area contributed by atoms with Crippen molar-refractivity contribution in [1.82, 2.24) is 4.90 Å². The van der Waals surface area contributed by atoms with Gasteiger partial charge in [-0.05, 0) is 30.3 Å². The first-order valence-corrected chi connectivity index (χ1v) is 7.05. The number of carbonyl (C=O) groups is 1. The molecule has 0 atom stereocenters. The molecule has 2 aromatic rings. The molecule has 2 N–H and O–H groups in total. The Hall–Kier alpha value is -3.53. The minimum atomic E-state index is -0.297. The van der Waals surface area contributed by atoms with Crippen molar-refractivity contribution < 1.29 is 13.9 Å². The summed E-state index contributed by atoms with van der Waals surface area (Å²) in [5.41, 5.74) is 6.96. The number of benzene rings is 1. The highest BCUT2D eigenvalue weighted by molar-refractivity contribution is 6.12. The summed E-state index contributed by atoms with van der Waals surface area (Å²) in [5, 5.41) is 9.05. The molecule has 120 valence electrons. The van der Waals surface area contributed by atoms with Gasteiger partial charge in [-0.15, -0.1) is 0 Å². The van der Waals surface area contributed by atoms with Gasteiger partial charge in [0, 0.05) is 13.1 Å². The van der Waals surface area contributed by atoms with E-state index < -0.39 is 0 Å². The van der Waals surface area contributed by atoms with Gasteiger partial charge in [-0.2, -0.15) is 5.26 Å². The van der Waals surface area contributed by atoms with E-state index in [9.17, 15) is 4.79 Å². The van der Waals surface area contributed by atoms with Crippen molar-refractivity contribution in [2.24, 2.45) is 10.7 Å². The number of guanidine groups is 1. The lowest BCUT2D eigenvalue weighted by Gasteiger charge is -2.06. The zero-order chi connectivity index (χ0) is 17.3. The van der Waals surface area contributed by atoms with E-state index in [1.165, 1.54) is 11.0 Å². The summed E-state index contributed by atoms with van der Waals surface area (Å²) in [4.78, 5) is 17.2. The van der Waals surface area contributed by atoms with Crippen LogP contribution in [-0.2, 0) is 4.79 Å². The predicted molar refractivity (Wildman–Crippen MR) is 87.8 cm³/mol. The van der Waals surface area contributed by atoms with Gasteiger partial charge in [0.15, 0.2) is 0 Å². The fraction of sp³-hybridized carbons (Fsp3) is 0.118. The number of methoxy groups -OCH3 is 1. The first-order valence-electron chi connectivity index (χ1n) is 7.05. The monoisotopic (exact) mass is 322 g/mol. The average Bonchev–Trinajstić information content (AvgIpc) is 3.15. The van der Waals surface area contributed by atoms with Crippen LogP contribution in [0, 0.1) is 11.3 Å². The Balaban J connectivity index is 1.98. The van der Waals surface area contributed by atoms with Crippen molar-refractivity contribution in [3.05, 3.63) is 47.4 Å². The van der Waals surface area contributed by atoms with Gasteiger partial charge in [-0.1, -0.05) is 0 Å². The zero-order valence-corrected chi connectivity index (χ0v) is 13.1. The molecule has 0 unspecified atom stereocenters. The van der Waals surface area contributed by atoms with Crippen LogP contribution < -0.4 is 10.5 Å². The second kappa shape index (κ2) is 5.93. The van der Waals surface area contributed by atoms with Gasteiger partial charge in [0.2, 0.25) is 5.96 Å². The Labute approximate surface area is 138 Å². The van der Waals surface area contributed by atoms with E-state index in [0.29, 0.717) is 28.4 Å². The number of nitriles is 1. The number of hydrogen-bond donors (Lipinski definition) is 1. The number of nitrogens with zero attached hydrogens (tertiary/aromatic N) is 3. The third kappa shape index (κ3) is 2.61. The molecule has 7 nitrogen and oxygen atoms in total. The molecule has 0 bridgehead atoms. The van der Waals surface area contributed by atoms with Crippen molar-refractivity contribution in [2.75, 3.05) is 14.2 Å². The molecule has 1 aliphatic heterocycles. The number of amides is 1. The smallest absolute Gasteiger partial charge is 0.279 e. The molecule has 0 radical (unpaired) electrons. The van der Waals surface area contributed by atoms with Crippen LogP contribution in [0.4, 0.5) is 0 Å². The molecule has 1 aromatic carbocycles. The van der Waals surface area contributed by atoms with Crippen LogP contribution in [-0.4, -0.2) is 30.9 Å². The summed E-state index contributed by atoms with van der Waals surface area (Å²) in [6, 6.07) is 10.6. The molecule has 0 spiro atoms. The first-order chi connectivity index (χ1) is 11.5. The molecule has 0 fully saturated rings. The molecule has 1 aliphatic rings. The zero-order valence-electron chi connectivity index (χ0n) is 13.1. The number of furan rings is 1. The maximum Gasteiger partial charge on any atom is 0.279 e. The van der Waals surface area contributed by atoms with Crippen LogP contribution in [0.5, 0.6) is 5.75 Å². The summed E-state index contributed by atoms with van der Waals surface area (Å²) in [5.74, 6) is 1.40. The van der Waals surface area contributed by atoms with Gasteiger partial charge < -0.3 is 14.9 Å². The molecule has 0 saturated carbocycles. The molecule has 3 rings (SSSR count). The summed E-state index contributed by atoms with van der Waals surface area (Å²) < 4.78 is 11.0. The molecular weight excluding hydrogens is 308 g/mol. The largest absolute Gasteiger partial charge is 0.496 e. The second-order valence-electron chi connectivity index (χ2n) is 5.09. The Bertz CT molecular complexity index is 918. The van der Waals surface area contributed by atoms with Crippen LogP contribution in [0.1, 0.15) is 11.3 Å². The lowest BCUT2D eigenvalue weighted by atomic mass is 10.1. The van der Waals surface area contributed by atoms with E-state index in [2.05, 4.69) is 11.1 Å². The minimum absolute atomic E-state index is 0.140. The van der Waals surface area contributed by atoms with Gasteiger partial charge in [0.1, 0.15) is 23.0 Å². The van der Waals surface area contributed by atoms with Crippen molar-refractivity contribution in [1.29, 1.82) is 5.26 Å². The lowest BCUT2D eigenvalue weighted by molar-refractivity contribution is -0.121. The number of likely N-dealkylation sites (N-methyl/N-ethyl adjacent to an activating group) is 1. The fourth-order valence-corrected chi connectivity index (χ4v) is 2.30. The topological polar surface area (TPSA) is 105 Å². The standard InChI is InChI=1S/C17H14N4O3/c1-21-16(22)13(20-17(21)19)8-11-4-6-15(24-11)12-7-10(9-18)3-5-14(12)23-2/h3-8H,1-2H3,(H2,19,20)/b13-8+. The Morgan fingerprint density at radius 2 is 2.17 bits per heavy atom. The molecule has 7 heteroatoms. The number of nitrogens with two attached hydrogens (primary N) is 1. The lowest BCUT2D eigenvalue weighted by Crippen LogP contribution is -2.33. The van der Waals surface area contributed by atoms with Crippen molar-refractivity contribution in [3.8, 4) is 23.1 Å². The Kier molecular flexibility index (Phi) is 3.80. The van der Waals surface area contributed by atoms with Gasteiger partial charge in [0.05, 0.1) is 24.3 Å². The van der Waals surface area contributed by atoms with Crippen molar-refractivity contribution >= 4 is 17.9 Å². The molecule has 1 amide bonds. The minimum Gasteiger partial charge on any atom is -0.496 e. The van der Waals surface area contributed by atoms with E-state index in [1.807, 2.05) is 0 Å². The molecular formula is C17H14N4O3. The van der Waals surface area contributed by atoms with Crippen LogP contribution >= 0.6 is 0 Å². The number of hydrogen-bond acceptors (Lipinski definition) is 6. The van der Waals surface area contributed by atoms with E-state index in [0.717, 1.165) is 0 Å². The molecule has 0 saturated heterocycles. The summed E-state index contributed by atoms with van der Waals surface area (Å²) in [7, 11) is 3.09. The number of carbonyl (C=O) groups excluding carboxylic acids is 1.